The zero-order valence-corrected chi connectivity index (χ0v) is 21.8. The van der Waals surface area contributed by atoms with Gasteiger partial charge in [0, 0.05) is 38.9 Å². The quantitative estimate of drug-likeness (QED) is 0.256. The van der Waals surface area contributed by atoms with Crippen molar-refractivity contribution < 1.29 is 19.4 Å². The summed E-state index contributed by atoms with van der Waals surface area (Å²) in [6, 6.07) is 7.54. The van der Waals surface area contributed by atoms with Gasteiger partial charge in [-0.05, 0) is 56.1 Å². The Morgan fingerprint density at radius 3 is 2.45 bits per heavy atom. The SMILES string of the molecule is COCCCCOc1ccccc1C(=O)NCC(CC(N)C(O)CNC1CC1)C(C)C.Cl.Cl. The lowest BCUT2D eigenvalue weighted by atomic mass is 9.87. The highest BCUT2D eigenvalue weighted by Crippen LogP contribution is 2.21. The summed E-state index contributed by atoms with van der Waals surface area (Å²) in [6.45, 7) is 6.53. The number of rotatable bonds is 16. The Morgan fingerprint density at radius 1 is 1.15 bits per heavy atom. The first-order valence-electron chi connectivity index (χ1n) is 11.6. The maximum Gasteiger partial charge on any atom is 0.255 e. The van der Waals surface area contributed by atoms with Crippen LogP contribution in [0.1, 0.15) is 56.3 Å². The maximum atomic E-state index is 12.8. The monoisotopic (exact) mass is 507 g/mol. The van der Waals surface area contributed by atoms with E-state index in [1.54, 1.807) is 13.2 Å². The fourth-order valence-corrected chi connectivity index (χ4v) is 3.45. The molecule has 0 saturated heterocycles. The Bertz CT molecular complexity index is 662. The van der Waals surface area contributed by atoms with E-state index in [0.717, 1.165) is 12.8 Å². The molecular weight excluding hydrogens is 465 g/mol. The van der Waals surface area contributed by atoms with Gasteiger partial charge in [0.25, 0.3) is 5.91 Å². The van der Waals surface area contributed by atoms with E-state index < -0.39 is 6.10 Å². The topological polar surface area (TPSA) is 106 Å². The van der Waals surface area contributed by atoms with Gasteiger partial charge >= 0.3 is 0 Å². The van der Waals surface area contributed by atoms with Crippen LogP contribution in [0.15, 0.2) is 24.3 Å². The number of hydrogen-bond donors (Lipinski definition) is 4. The third kappa shape index (κ3) is 12.3. The molecule has 0 heterocycles. The molecule has 33 heavy (non-hydrogen) atoms. The van der Waals surface area contributed by atoms with Crippen molar-refractivity contribution in [1.29, 1.82) is 0 Å². The van der Waals surface area contributed by atoms with Crippen molar-refractivity contribution in [3.8, 4) is 5.75 Å². The smallest absolute Gasteiger partial charge is 0.255 e. The summed E-state index contributed by atoms with van der Waals surface area (Å²) >= 11 is 0. The summed E-state index contributed by atoms with van der Waals surface area (Å²) in [6.07, 6.45) is 4.23. The molecular formula is C24H43Cl2N3O4. The van der Waals surface area contributed by atoms with Gasteiger partial charge in [0.2, 0.25) is 0 Å². The highest BCUT2D eigenvalue weighted by Gasteiger charge is 2.26. The second kappa shape index (κ2) is 17.4. The molecule has 0 radical (unpaired) electrons. The fraction of sp³-hybridized carbons (Fsp3) is 0.708. The molecule has 0 spiro atoms. The Balaban J connectivity index is 0.00000512. The van der Waals surface area contributed by atoms with E-state index in [1.165, 1.54) is 12.8 Å². The lowest BCUT2D eigenvalue weighted by Crippen LogP contribution is -2.45. The average Bonchev–Trinajstić information content (AvgIpc) is 3.59. The predicted molar refractivity (Wildman–Crippen MR) is 138 cm³/mol. The largest absolute Gasteiger partial charge is 0.493 e. The normalized spacial score (nSPS) is 15.7. The van der Waals surface area contributed by atoms with Crippen molar-refractivity contribution in [3.63, 3.8) is 0 Å². The highest BCUT2D eigenvalue weighted by atomic mass is 35.5. The highest BCUT2D eigenvalue weighted by molar-refractivity contribution is 5.96. The second-order valence-corrected chi connectivity index (χ2v) is 8.91. The fourth-order valence-electron chi connectivity index (χ4n) is 3.45. The van der Waals surface area contributed by atoms with E-state index in [-0.39, 0.29) is 42.7 Å². The van der Waals surface area contributed by atoms with E-state index in [1.807, 2.05) is 18.2 Å². The number of carbonyl (C=O) groups is 1. The summed E-state index contributed by atoms with van der Waals surface area (Å²) in [4.78, 5) is 12.8. The first kappa shape index (κ1) is 31.9. The zero-order chi connectivity index (χ0) is 22.6. The molecule has 3 atom stereocenters. The van der Waals surface area contributed by atoms with Gasteiger partial charge in [-0.2, -0.15) is 0 Å². The number of halogens is 2. The van der Waals surface area contributed by atoms with Gasteiger partial charge in [-0.15, -0.1) is 24.8 Å². The molecule has 1 aliphatic carbocycles. The van der Waals surface area contributed by atoms with E-state index in [4.69, 9.17) is 15.2 Å². The molecule has 2 rings (SSSR count). The van der Waals surface area contributed by atoms with Crippen molar-refractivity contribution in [1.82, 2.24) is 10.6 Å². The van der Waals surface area contributed by atoms with E-state index in [2.05, 4.69) is 24.5 Å². The van der Waals surface area contributed by atoms with Crippen LogP contribution >= 0.6 is 24.8 Å². The molecule has 1 fully saturated rings. The molecule has 1 aliphatic rings. The Hall–Kier alpha value is -1.09. The number of hydrogen-bond acceptors (Lipinski definition) is 6. The molecule has 1 amide bonds. The van der Waals surface area contributed by atoms with Crippen molar-refractivity contribution in [3.05, 3.63) is 29.8 Å². The van der Waals surface area contributed by atoms with Gasteiger partial charge in [0.15, 0.2) is 0 Å². The minimum absolute atomic E-state index is 0. The number of amides is 1. The molecule has 1 aromatic rings. The molecule has 0 bridgehead atoms. The molecule has 7 nitrogen and oxygen atoms in total. The number of carbonyl (C=O) groups excluding carboxylic acids is 1. The number of unbranched alkanes of at least 4 members (excludes halogenated alkanes) is 1. The predicted octanol–water partition coefficient (Wildman–Crippen LogP) is 3.17. The Morgan fingerprint density at radius 2 is 1.82 bits per heavy atom. The van der Waals surface area contributed by atoms with Gasteiger partial charge in [-0.3, -0.25) is 4.79 Å². The molecule has 0 aliphatic heterocycles. The average molecular weight is 509 g/mol. The lowest BCUT2D eigenvalue weighted by Gasteiger charge is -2.27. The van der Waals surface area contributed by atoms with Gasteiger partial charge in [-0.1, -0.05) is 26.0 Å². The summed E-state index contributed by atoms with van der Waals surface area (Å²) in [5, 5.41) is 16.7. The van der Waals surface area contributed by atoms with Crippen LogP contribution < -0.4 is 21.1 Å². The first-order chi connectivity index (χ1) is 14.9. The summed E-state index contributed by atoms with van der Waals surface area (Å²) < 4.78 is 10.9. The molecule has 5 N–H and O–H groups in total. The van der Waals surface area contributed by atoms with Crippen molar-refractivity contribution >= 4 is 30.7 Å². The summed E-state index contributed by atoms with van der Waals surface area (Å²) in [5.41, 5.74) is 6.80. The van der Waals surface area contributed by atoms with Gasteiger partial charge in [-0.25, -0.2) is 0 Å². The van der Waals surface area contributed by atoms with Gasteiger partial charge in [0.1, 0.15) is 5.75 Å². The molecule has 1 aromatic carbocycles. The number of methoxy groups -OCH3 is 1. The minimum atomic E-state index is -0.579. The van der Waals surface area contributed by atoms with Crippen LogP contribution in [-0.4, -0.2) is 62.6 Å². The van der Waals surface area contributed by atoms with Gasteiger partial charge < -0.3 is 30.9 Å². The molecule has 0 aromatic heterocycles. The zero-order valence-electron chi connectivity index (χ0n) is 20.1. The van der Waals surface area contributed by atoms with Crippen LogP contribution in [0.2, 0.25) is 0 Å². The third-order valence-electron chi connectivity index (χ3n) is 5.86. The first-order valence-corrected chi connectivity index (χ1v) is 11.6. The molecule has 1 saturated carbocycles. The number of para-hydroxylation sites is 1. The van der Waals surface area contributed by atoms with Crippen LogP contribution in [-0.2, 0) is 4.74 Å². The van der Waals surface area contributed by atoms with Crippen LogP contribution in [0.5, 0.6) is 5.75 Å². The van der Waals surface area contributed by atoms with Crippen LogP contribution in [0, 0.1) is 11.8 Å². The Kier molecular flexibility index (Phi) is 16.8. The number of benzene rings is 1. The minimum Gasteiger partial charge on any atom is -0.493 e. The van der Waals surface area contributed by atoms with Crippen LogP contribution in [0.4, 0.5) is 0 Å². The number of ether oxygens (including phenoxy) is 2. The van der Waals surface area contributed by atoms with E-state index in [9.17, 15) is 9.90 Å². The number of nitrogens with two attached hydrogens (primary N) is 1. The van der Waals surface area contributed by atoms with Crippen molar-refractivity contribution in [2.24, 2.45) is 17.6 Å². The summed E-state index contributed by atoms with van der Waals surface area (Å²) in [5.74, 6) is 0.957. The van der Waals surface area contributed by atoms with Crippen LogP contribution in [0.25, 0.3) is 0 Å². The van der Waals surface area contributed by atoms with Crippen molar-refractivity contribution in [2.45, 2.75) is 64.1 Å². The second-order valence-electron chi connectivity index (χ2n) is 8.91. The number of aliphatic hydroxyl groups is 1. The van der Waals surface area contributed by atoms with Crippen LogP contribution in [0.3, 0.4) is 0 Å². The molecule has 9 heteroatoms. The number of nitrogens with one attached hydrogen (secondary N) is 2. The van der Waals surface area contributed by atoms with E-state index >= 15 is 0 Å². The van der Waals surface area contributed by atoms with Gasteiger partial charge in [0.05, 0.1) is 18.3 Å². The number of aliphatic hydroxyl groups excluding tert-OH is 1. The molecule has 3 unspecified atom stereocenters. The van der Waals surface area contributed by atoms with Crippen molar-refractivity contribution in [2.75, 3.05) is 33.4 Å². The standard InChI is InChI=1S/C24H41N3O4.2ClH/c1-17(2)18(14-21(25)22(28)16-26-19-10-11-19)15-27-24(29)20-8-4-5-9-23(20)31-13-7-6-12-30-3;;/h4-5,8-9,17-19,21-22,26,28H,6-7,10-16,25H2,1-3H3,(H,27,29);2*1H. The van der Waals surface area contributed by atoms with E-state index in [0.29, 0.717) is 56.0 Å². The molecule has 192 valence electrons. The summed E-state index contributed by atoms with van der Waals surface area (Å²) in [7, 11) is 1.68. The lowest BCUT2D eigenvalue weighted by molar-refractivity contribution is 0.0927. The third-order valence-corrected chi connectivity index (χ3v) is 5.86. The maximum absolute atomic E-state index is 12.8. The Labute approximate surface area is 211 Å².